The molecular weight excluding hydrogens is 230 g/mol. The Morgan fingerprint density at radius 3 is 2.94 bits per heavy atom. The minimum Gasteiger partial charge on any atom is -0.309 e. The summed E-state index contributed by atoms with van der Waals surface area (Å²) in [6, 6.07) is 6.82. The monoisotopic (exact) mass is 249 g/mol. The maximum absolute atomic E-state index is 4.24. The number of rotatable bonds is 6. The summed E-state index contributed by atoms with van der Waals surface area (Å²) in [7, 11) is 2.00. The van der Waals surface area contributed by atoms with Crippen LogP contribution in [0.15, 0.2) is 29.8 Å². The number of thiophene rings is 1. The fourth-order valence-corrected chi connectivity index (χ4v) is 2.79. The third kappa shape index (κ3) is 3.17. The van der Waals surface area contributed by atoms with Crippen LogP contribution < -0.4 is 5.32 Å². The molecule has 0 fully saturated rings. The van der Waals surface area contributed by atoms with E-state index in [1.54, 1.807) is 0 Å². The van der Waals surface area contributed by atoms with Crippen molar-refractivity contribution in [3.63, 3.8) is 0 Å². The summed E-state index contributed by atoms with van der Waals surface area (Å²) in [5.41, 5.74) is 1.27. The fraction of sp³-hybridized carbons (Fsp3) is 0.462. The van der Waals surface area contributed by atoms with E-state index in [1.807, 2.05) is 29.3 Å². The standard InChI is InChI=1S/C13H19N3S/c1-3-14-12(13-8-9-15-16(13)2)7-6-11-5-4-10-17-11/h4-5,8-10,12,14H,3,6-7H2,1-2H3. The number of nitrogens with zero attached hydrogens (tertiary/aromatic N) is 2. The Morgan fingerprint density at radius 2 is 2.35 bits per heavy atom. The van der Waals surface area contributed by atoms with Crippen LogP contribution in [0, 0.1) is 0 Å². The SMILES string of the molecule is CCNC(CCc1cccs1)c1ccnn1C. The molecule has 3 nitrogen and oxygen atoms in total. The molecular formula is C13H19N3S. The highest BCUT2D eigenvalue weighted by Gasteiger charge is 2.13. The van der Waals surface area contributed by atoms with Crippen LogP contribution in [0.4, 0.5) is 0 Å². The first kappa shape index (κ1) is 12.3. The van der Waals surface area contributed by atoms with Crippen molar-refractivity contribution in [2.24, 2.45) is 7.05 Å². The predicted octanol–water partition coefficient (Wildman–Crippen LogP) is 2.77. The van der Waals surface area contributed by atoms with Gasteiger partial charge >= 0.3 is 0 Å². The topological polar surface area (TPSA) is 29.9 Å². The van der Waals surface area contributed by atoms with E-state index in [-0.39, 0.29) is 0 Å². The third-order valence-corrected chi connectivity index (χ3v) is 3.86. The molecule has 2 rings (SSSR count). The Labute approximate surface area is 106 Å². The molecule has 1 unspecified atom stereocenters. The highest BCUT2D eigenvalue weighted by molar-refractivity contribution is 7.09. The van der Waals surface area contributed by atoms with Crippen LogP contribution in [0.5, 0.6) is 0 Å². The molecule has 1 N–H and O–H groups in total. The second kappa shape index (κ2) is 5.98. The van der Waals surface area contributed by atoms with E-state index < -0.39 is 0 Å². The van der Waals surface area contributed by atoms with Gasteiger partial charge < -0.3 is 5.32 Å². The zero-order valence-corrected chi connectivity index (χ0v) is 11.2. The summed E-state index contributed by atoms with van der Waals surface area (Å²) in [4.78, 5) is 1.45. The number of hydrogen-bond acceptors (Lipinski definition) is 3. The molecule has 0 aromatic carbocycles. The molecule has 92 valence electrons. The molecule has 4 heteroatoms. The molecule has 0 aliphatic heterocycles. The van der Waals surface area contributed by atoms with Gasteiger partial charge in [-0.25, -0.2) is 0 Å². The second-order valence-electron chi connectivity index (χ2n) is 4.11. The van der Waals surface area contributed by atoms with Crippen molar-refractivity contribution in [1.82, 2.24) is 15.1 Å². The summed E-state index contributed by atoms with van der Waals surface area (Å²) in [5, 5.41) is 9.92. The zero-order chi connectivity index (χ0) is 12.1. The lowest BCUT2D eigenvalue weighted by Gasteiger charge is -2.17. The largest absolute Gasteiger partial charge is 0.309 e. The Morgan fingerprint density at radius 1 is 1.47 bits per heavy atom. The van der Waals surface area contributed by atoms with Crippen LogP contribution in [0.2, 0.25) is 0 Å². The minimum atomic E-state index is 0.398. The van der Waals surface area contributed by atoms with E-state index in [9.17, 15) is 0 Å². The Bertz CT molecular complexity index is 433. The van der Waals surface area contributed by atoms with Gasteiger partial charge in [0.2, 0.25) is 0 Å². The summed E-state index contributed by atoms with van der Waals surface area (Å²) >= 11 is 1.83. The predicted molar refractivity (Wildman–Crippen MR) is 72.3 cm³/mol. The molecule has 0 saturated carbocycles. The highest BCUT2D eigenvalue weighted by Crippen LogP contribution is 2.20. The number of aromatic nitrogens is 2. The lowest BCUT2D eigenvalue weighted by atomic mass is 10.1. The highest BCUT2D eigenvalue weighted by atomic mass is 32.1. The molecule has 0 saturated heterocycles. The Hall–Kier alpha value is -1.13. The van der Waals surface area contributed by atoms with Crippen molar-refractivity contribution in [3.05, 3.63) is 40.3 Å². The maximum Gasteiger partial charge on any atom is 0.0550 e. The van der Waals surface area contributed by atoms with E-state index >= 15 is 0 Å². The van der Waals surface area contributed by atoms with Gasteiger partial charge in [-0.15, -0.1) is 11.3 Å². The third-order valence-electron chi connectivity index (χ3n) is 2.93. The molecule has 0 spiro atoms. The molecule has 2 aromatic rings. The van der Waals surface area contributed by atoms with Crippen molar-refractivity contribution in [3.8, 4) is 0 Å². The van der Waals surface area contributed by atoms with Gasteiger partial charge in [0, 0.05) is 24.2 Å². The van der Waals surface area contributed by atoms with Crippen LogP contribution in [-0.4, -0.2) is 16.3 Å². The molecule has 0 radical (unpaired) electrons. The first-order chi connectivity index (χ1) is 8.31. The lowest BCUT2D eigenvalue weighted by Crippen LogP contribution is -2.23. The average Bonchev–Trinajstić information content (AvgIpc) is 2.95. The van der Waals surface area contributed by atoms with Crippen LogP contribution >= 0.6 is 11.3 Å². The van der Waals surface area contributed by atoms with Crippen LogP contribution in [0.3, 0.4) is 0 Å². The maximum atomic E-state index is 4.24. The molecule has 1 atom stereocenters. The zero-order valence-electron chi connectivity index (χ0n) is 10.4. The fourth-order valence-electron chi connectivity index (χ4n) is 2.07. The van der Waals surface area contributed by atoms with Crippen molar-refractivity contribution in [1.29, 1.82) is 0 Å². The molecule has 0 bridgehead atoms. The Kier molecular flexibility index (Phi) is 4.34. The molecule has 0 aliphatic carbocycles. The van der Waals surface area contributed by atoms with Crippen LogP contribution in [-0.2, 0) is 13.5 Å². The smallest absolute Gasteiger partial charge is 0.0550 e. The van der Waals surface area contributed by atoms with Gasteiger partial charge in [-0.05, 0) is 36.9 Å². The van der Waals surface area contributed by atoms with Gasteiger partial charge in [-0.1, -0.05) is 13.0 Å². The van der Waals surface area contributed by atoms with Gasteiger partial charge in [-0.3, -0.25) is 4.68 Å². The van der Waals surface area contributed by atoms with Crippen LogP contribution in [0.1, 0.15) is 30.0 Å². The van der Waals surface area contributed by atoms with Gasteiger partial charge in [0.15, 0.2) is 0 Å². The van der Waals surface area contributed by atoms with E-state index in [2.05, 4.69) is 40.9 Å². The molecule has 0 aliphatic rings. The summed E-state index contributed by atoms with van der Waals surface area (Å²) in [5.74, 6) is 0. The van der Waals surface area contributed by atoms with E-state index in [1.165, 1.54) is 10.6 Å². The van der Waals surface area contributed by atoms with E-state index in [0.717, 1.165) is 19.4 Å². The minimum absolute atomic E-state index is 0.398. The van der Waals surface area contributed by atoms with Crippen molar-refractivity contribution < 1.29 is 0 Å². The van der Waals surface area contributed by atoms with Gasteiger partial charge in [0.05, 0.1) is 5.69 Å². The van der Waals surface area contributed by atoms with Crippen molar-refractivity contribution in [2.45, 2.75) is 25.8 Å². The summed E-state index contributed by atoms with van der Waals surface area (Å²) < 4.78 is 1.96. The van der Waals surface area contributed by atoms with Crippen molar-refractivity contribution in [2.75, 3.05) is 6.54 Å². The molecule has 17 heavy (non-hydrogen) atoms. The molecule has 0 amide bonds. The first-order valence-electron chi connectivity index (χ1n) is 6.05. The second-order valence-corrected chi connectivity index (χ2v) is 5.14. The normalized spacial score (nSPS) is 12.8. The van der Waals surface area contributed by atoms with Gasteiger partial charge in [0.25, 0.3) is 0 Å². The lowest BCUT2D eigenvalue weighted by molar-refractivity contribution is 0.481. The molecule has 2 aromatic heterocycles. The molecule has 2 heterocycles. The van der Waals surface area contributed by atoms with Crippen molar-refractivity contribution >= 4 is 11.3 Å². The van der Waals surface area contributed by atoms with E-state index in [0.29, 0.717) is 6.04 Å². The number of hydrogen-bond donors (Lipinski definition) is 1. The number of aryl methyl sites for hydroxylation is 2. The number of nitrogens with one attached hydrogen (secondary N) is 1. The van der Waals surface area contributed by atoms with Gasteiger partial charge in [-0.2, -0.15) is 5.10 Å². The van der Waals surface area contributed by atoms with Crippen LogP contribution in [0.25, 0.3) is 0 Å². The Balaban J connectivity index is 2.00. The van der Waals surface area contributed by atoms with Gasteiger partial charge in [0.1, 0.15) is 0 Å². The first-order valence-corrected chi connectivity index (χ1v) is 6.93. The average molecular weight is 249 g/mol. The summed E-state index contributed by atoms with van der Waals surface area (Å²) in [6.45, 7) is 3.13. The summed E-state index contributed by atoms with van der Waals surface area (Å²) in [6.07, 6.45) is 4.11. The van der Waals surface area contributed by atoms with E-state index in [4.69, 9.17) is 0 Å². The quantitative estimate of drug-likeness (QED) is 0.853.